The van der Waals surface area contributed by atoms with Gasteiger partial charge in [-0.3, -0.25) is 0 Å². The number of hydrogen-bond acceptors (Lipinski definition) is 3. The van der Waals surface area contributed by atoms with Crippen molar-refractivity contribution in [3.05, 3.63) is 36.4 Å². The van der Waals surface area contributed by atoms with Gasteiger partial charge in [0, 0.05) is 0 Å². The predicted octanol–water partition coefficient (Wildman–Crippen LogP) is 3.17. The summed E-state index contributed by atoms with van der Waals surface area (Å²) in [5.74, 6) is 1.43. The van der Waals surface area contributed by atoms with Crippen molar-refractivity contribution in [2.24, 2.45) is 3.50 Å². The normalized spacial score (nSPS) is 12.3. The molecule has 0 aromatic heterocycles. The van der Waals surface area contributed by atoms with E-state index >= 15 is 0 Å². The molecule has 0 saturated carbocycles. The van der Waals surface area contributed by atoms with Crippen LogP contribution in [-0.2, 0) is 19.6 Å². The van der Waals surface area contributed by atoms with Crippen LogP contribution in [0, 0.1) is 6.58 Å². The zero-order chi connectivity index (χ0) is 11.7. The summed E-state index contributed by atoms with van der Waals surface area (Å²) in [5.41, 5.74) is 3.13. The molecule has 1 aliphatic rings. The number of fused-ring (bicyclic) bond motifs is 1. The van der Waals surface area contributed by atoms with Crippen LogP contribution < -0.4 is 9.47 Å². The third kappa shape index (κ3) is 1.87. The van der Waals surface area contributed by atoms with E-state index in [9.17, 15) is 0 Å². The fourth-order valence-corrected chi connectivity index (χ4v) is 2.00. The Morgan fingerprint density at radius 2 is 2.06 bits per heavy atom. The molecule has 1 aromatic rings. The summed E-state index contributed by atoms with van der Waals surface area (Å²) >= 11 is 1.12. The van der Waals surface area contributed by atoms with E-state index < -0.39 is 0 Å². The van der Waals surface area contributed by atoms with Gasteiger partial charge < -0.3 is 0 Å². The van der Waals surface area contributed by atoms with Crippen molar-refractivity contribution in [3.63, 3.8) is 0 Å². The van der Waals surface area contributed by atoms with E-state index in [2.05, 4.69) is 10.1 Å². The molecule has 0 spiro atoms. The summed E-state index contributed by atoms with van der Waals surface area (Å²) in [4.78, 5) is 0. The topological polar surface area (TPSA) is 30.8 Å². The molecule has 0 bridgehead atoms. The van der Waals surface area contributed by atoms with Gasteiger partial charge in [-0.05, 0) is 0 Å². The molecule has 0 radical (unpaired) electrons. The van der Waals surface area contributed by atoms with E-state index in [1.165, 1.54) is 0 Å². The third-order valence-corrected chi connectivity index (χ3v) is 3.05. The first-order valence-corrected chi connectivity index (χ1v) is 6.00. The molecule has 16 heavy (non-hydrogen) atoms. The molecule has 0 N–H and O–H groups in total. The molecular weight excluding hydrogens is 374 g/mol. The first-order chi connectivity index (χ1) is 7.63. The van der Waals surface area contributed by atoms with Crippen molar-refractivity contribution in [2.75, 3.05) is 6.79 Å². The Bertz CT molecular complexity index is 494. The summed E-state index contributed by atoms with van der Waals surface area (Å²) in [7, 11) is 0. The molecule has 2 rings (SSSR count). The van der Waals surface area contributed by atoms with Crippen LogP contribution in [0.15, 0.2) is 27.8 Å². The summed E-state index contributed by atoms with van der Waals surface area (Å²) in [5, 5.41) is 0. The van der Waals surface area contributed by atoms with E-state index in [-0.39, 0.29) is 6.79 Å². The average Bonchev–Trinajstić information content (AvgIpc) is 2.72. The molecule has 0 saturated heterocycles. The molecule has 1 aromatic carbocycles. The van der Waals surface area contributed by atoms with Crippen molar-refractivity contribution in [2.45, 2.75) is 6.92 Å². The van der Waals surface area contributed by atoms with Crippen LogP contribution in [0.3, 0.4) is 0 Å². The molecule has 1 aliphatic heterocycles. The number of benzene rings is 1. The van der Waals surface area contributed by atoms with E-state index in [1.807, 2.05) is 19.1 Å². The third-order valence-electron chi connectivity index (χ3n) is 2.34. The first kappa shape index (κ1) is 11.3. The van der Waals surface area contributed by atoms with Gasteiger partial charge in [0.25, 0.3) is 0 Å². The van der Waals surface area contributed by atoms with Crippen molar-refractivity contribution < 1.29 is 29.1 Å². The van der Waals surface area contributed by atoms with Gasteiger partial charge in [-0.1, -0.05) is 0 Å². The Morgan fingerprint density at radius 1 is 1.44 bits per heavy atom. The second kappa shape index (κ2) is 4.34. The van der Waals surface area contributed by atoms with Crippen LogP contribution in [0.5, 0.6) is 11.5 Å². The van der Waals surface area contributed by atoms with Gasteiger partial charge in [0.1, 0.15) is 0 Å². The van der Waals surface area contributed by atoms with Crippen molar-refractivity contribution in [1.29, 1.82) is 0 Å². The summed E-state index contributed by atoms with van der Waals surface area (Å²) in [6.07, 6.45) is 0. The van der Waals surface area contributed by atoms with E-state index in [1.54, 1.807) is 0 Å². The van der Waals surface area contributed by atoms with E-state index in [0.29, 0.717) is 11.3 Å². The summed E-state index contributed by atoms with van der Waals surface area (Å²) < 4.78 is 14.9. The Kier molecular flexibility index (Phi) is 3.06. The first-order valence-electron chi connectivity index (χ1n) is 4.69. The maximum atomic E-state index is 5.98. The van der Waals surface area contributed by atoms with Crippen LogP contribution in [0.25, 0.3) is 5.57 Å². The Hall–Kier alpha value is -1.21. The van der Waals surface area contributed by atoms with Gasteiger partial charge in [0.05, 0.1) is 0 Å². The minimum atomic E-state index is 0.252. The second-order valence-electron chi connectivity index (χ2n) is 3.51. The van der Waals surface area contributed by atoms with Crippen molar-refractivity contribution >= 4 is 11.3 Å². The van der Waals surface area contributed by atoms with Crippen LogP contribution in [0.1, 0.15) is 12.5 Å². The minimum absolute atomic E-state index is 0.252. The molecule has 82 valence electrons. The van der Waals surface area contributed by atoms with Gasteiger partial charge in [-0.25, -0.2) is 0 Å². The van der Waals surface area contributed by atoms with Gasteiger partial charge in [-0.2, -0.15) is 0 Å². The van der Waals surface area contributed by atoms with E-state index in [0.717, 1.165) is 42.2 Å². The average molecular weight is 384 g/mol. The zero-order valence-corrected chi connectivity index (χ0v) is 11.8. The molecule has 0 fully saturated rings. The number of ether oxygens (including phenoxy) is 2. The maximum absolute atomic E-state index is 5.98. The molecule has 0 amide bonds. The Labute approximate surface area is 106 Å². The number of nitrogens with zero attached hydrogens (tertiary/aromatic N) is 1. The van der Waals surface area contributed by atoms with Gasteiger partial charge in [-0.15, -0.1) is 0 Å². The molecule has 1 heterocycles. The Morgan fingerprint density at radius 3 is 2.62 bits per heavy atom. The Balaban J connectivity index is 2.56. The van der Waals surface area contributed by atoms with Crippen molar-refractivity contribution in [1.82, 2.24) is 0 Å². The molecule has 3 nitrogen and oxygen atoms in total. The molecule has 0 unspecified atom stereocenters. The van der Waals surface area contributed by atoms with Crippen molar-refractivity contribution in [3.8, 4) is 11.5 Å². The van der Waals surface area contributed by atoms with Crippen LogP contribution in [0.2, 0.25) is 0 Å². The quantitative estimate of drug-likeness (QED) is 0.592. The van der Waals surface area contributed by atoms with Gasteiger partial charge >= 0.3 is 106 Å². The standard InChI is InChI=1S/C12H10NO2.W/c1-7(2)8(3)9-4-11-12(5-10(9)13)15-6-14-11;/h3-5H,1,6H2,2H3;/q-1;. The molecular formula is C12H10NO2W-. The monoisotopic (exact) mass is 384 g/mol. The predicted molar refractivity (Wildman–Crippen MR) is 57.2 cm³/mol. The van der Waals surface area contributed by atoms with Crippen LogP contribution in [0.4, 0.5) is 5.69 Å². The van der Waals surface area contributed by atoms with Gasteiger partial charge in [0.2, 0.25) is 0 Å². The molecule has 0 aliphatic carbocycles. The van der Waals surface area contributed by atoms with Crippen LogP contribution >= 0.6 is 0 Å². The number of rotatable bonds is 3. The van der Waals surface area contributed by atoms with Gasteiger partial charge in [0.15, 0.2) is 0 Å². The second-order valence-corrected chi connectivity index (χ2v) is 4.16. The van der Waals surface area contributed by atoms with E-state index in [4.69, 9.17) is 16.1 Å². The number of allylic oxidation sites excluding steroid dienone is 2. The number of hydrogen-bond donors (Lipinski definition) is 0. The summed E-state index contributed by atoms with van der Waals surface area (Å²) in [6.45, 7) is 11.9. The molecule has 0 atom stereocenters. The fraction of sp³-hybridized carbons (Fsp3) is 0.167. The van der Waals surface area contributed by atoms with Crippen LogP contribution in [-0.4, -0.2) is 6.79 Å². The SMILES string of the molecule is [CH-]=C(C(=C)C)c1cc2c(cc1[N]=[W])OCO2. The summed E-state index contributed by atoms with van der Waals surface area (Å²) in [6, 6.07) is 3.70. The molecule has 4 heteroatoms. The fourth-order valence-electron chi connectivity index (χ4n) is 1.45. The zero-order valence-electron chi connectivity index (χ0n) is 8.82.